The summed E-state index contributed by atoms with van der Waals surface area (Å²) in [6, 6.07) is 6.69. The maximum Gasteiger partial charge on any atom is 0.330 e. The third kappa shape index (κ3) is 3.51. The summed E-state index contributed by atoms with van der Waals surface area (Å²) in [5.74, 6) is -1.14. The first-order valence-corrected chi connectivity index (χ1v) is 6.53. The number of amides is 2. The van der Waals surface area contributed by atoms with Crippen molar-refractivity contribution in [2.45, 2.75) is 13.0 Å². The third-order valence-electron chi connectivity index (χ3n) is 2.40. The van der Waals surface area contributed by atoms with E-state index in [1.165, 1.54) is 11.3 Å². The van der Waals surface area contributed by atoms with Gasteiger partial charge in [-0.2, -0.15) is 0 Å². The Labute approximate surface area is 118 Å². The number of carboxylic acid groups (broad SMARTS) is 1. The number of carbonyl (C=O) groups excluding carboxylic acids is 1. The molecular formula is C12H12N4O3S. The van der Waals surface area contributed by atoms with Gasteiger partial charge in [-0.3, -0.25) is 5.32 Å². The van der Waals surface area contributed by atoms with Crippen molar-refractivity contribution in [3.63, 3.8) is 0 Å². The van der Waals surface area contributed by atoms with Crippen molar-refractivity contribution in [3.05, 3.63) is 40.9 Å². The summed E-state index contributed by atoms with van der Waals surface area (Å²) in [6.45, 7) is 1.75. The molecule has 1 aromatic carbocycles. The zero-order valence-corrected chi connectivity index (χ0v) is 11.3. The van der Waals surface area contributed by atoms with Gasteiger partial charge >= 0.3 is 12.0 Å². The number of rotatable bonds is 4. The molecule has 104 valence electrons. The van der Waals surface area contributed by atoms with Crippen LogP contribution in [0.1, 0.15) is 16.6 Å². The van der Waals surface area contributed by atoms with Gasteiger partial charge in [0.15, 0.2) is 6.04 Å². The molecule has 0 aliphatic heterocycles. The second-order valence-electron chi connectivity index (χ2n) is 3.91. The van der Waals surface area contributed by atoms with Crippen LogP contribution in [0, 0.1) is 6.92 Å². The van der Waals surface area contributed by atoms with E-state index in [0.29, 0.717) is 15.7 Å². The van der Waals surface area contributed by atoms with Gasteiger partial charge in [-0.15, -0.1) is 10.2 Å². The van der Waals surface area contributed by atoms with E-state index in [2.05, 4.69) is 20.8 Å². The predicted octanol–water partition coefficient (Wildman–Crippen LogP) is 1.79. The van der Waals surface area contributed by atoms with Crippen LogP contribution in [0.25, 0.3) is 0 Å². The van der Waals surface area contributed by atoms with Crippen LogP contribution in [0.5, 0.6) is 0 Å². The van der Waals surface area contributed by atoms with Crippen molar-refractivity contribution >= 4 is 28.5 Å². The number of anilines is 1. The van der Waals surface area contributed by atoms with E-state index in [1.807, 2.05) is 0 Å². The number of nitrogens with one attached hydrogen (secondary N) is 2. The van der Waals surface area contributed by atoms with E-state index >= 15 is 0 Å². The number of aryl methyl sites for hydroxylation is 1. The Balaban J connectivity index is 2.05. The Morgan fingerprint density at radius 1 is 1.25 bits per heavy atom. The van der Waals surface area contributed by atoms with Gasteiger partial charge in [0.1, 0.15) is 5.01 Å². The quantitative estimate of drug-likeness (QED) is 0.797. The average molecular weight is 292 g/mol. The molecule has 7 nitrogen and oxygen atoms in total. The van der Waals surface area contributed by atoms with Crippen LogP contribution in [0.4, 0.5) is 9.93 Å². The minimum absolute atomic E-state index is 0.317. The fourth-order valence-corrected chi connectivity index (χ4v) is 2.13. The minimum atomic E-state index is -1.14. The average Bonchev–Trinajstić information content (AvgIpc) is 2.82. The highest BCUT2D eigenvalue weighted by Crippen LogP contribution is 2.15. The van der Waals surface area contributed by atoms with Gasteiger partial charge < -0.3 is 10.4 Å². The third-order valence-corrected chi connectivity index (χ3v) is 3.16. The molecule has 2 amide bonds. The van der Waals surface area contributed by atoms with Crippen LogP contribution in [-0.4, -0.2) is 27.3 Å². The molecule has 0 aliphatic rings. The normalized spacial score (nSPS) is 11.7. The molecule has 1 atom stereocenters. The van der Waals surface area contributed by atoms with Crippen molar-refractivity contribution in [1.82, 2.24) is 15.5 Å². The Hall–Kier alpha value is -2.48. The summed E-state index contributed by atoms with van der Waals surface area (Å²) in [5.41, 5.74) is 0.489. The molecule has 0 spiro atoms. The number of aliphatic carboxylic acids is 1. The maximum absolute atomic E-state index is 11.8. The molecule has 0 saturated heterocycles. The fraction of sp³-hybridized carbons (Fsp3) is 0.167. The smallest absolute Gasteiger partial charge is 0.330 e. The number of aromatic nitrogens is 2. The van der Waals surface area contributed by atoms with E-state index < -0.39 is 18.0 Å². The van der Waals surface area contributed by atoms with Gasteiger partial charge in [0, 0.05) is 0 Å². The van der Waals surface area contributed by atoms with E-state index in [1.54, 1.807) is 37.3 Å². The summed E-state index contributed by atoms with van der Waals surface area (Å²) in [4.78, 5) is 23.0. The van der Waals surface area contributed by atoms with Crippen LogP contribution in [0.3, 0.4) is 0 Å². The molecule has 3 N–H and O–H groups in total. The Bertz CT molecular complexity index is 614. The number of hydrogen-bond acceptors (Lipinski definition) is 5. The first-order chi connectivity index (χ1) is 9.56. The first-order valence-electron chi connectivity index (χ1n) is 5.71. The number of hydrogen-bond donors (Lipinski definition) is 3. The van der Waals surface area contributed by atoms with Gasteiger partial charge in [0.2, 0.25) is 5.13 Å². The molecule has 0 fully saturated rings. The van der Waals surface area contributed by atoms with Crippen LogP contribution < -0.4 is 10.6 Å². The van der Waals surface area contributed by atoms with E-state index in [-0.39, 0.29) is 0 Å². The molecule has 2 rings (SSSR count). The predicted molar refractivity (Wildman–Crippen MR) is 73.6 cm³/mol. The molecule has 0 unspecified atom stereocenters. The highest BCUT2D eigenvalue weighted by molar-refractivity contribution is 7.15. The molecule has 0 aliphatic carbocycles. The van der Waals surface area contributed by atoms with Crippen LogP contribution in [0.2, 0.25) is 0 Å². The summed E-state index contributed by atoms with van der Waals surface area (Å²) >= 11 is 1.21. The fourth-order valence-electron chi connectivity index (χ4n) is 1.54. The van der Waals surface area contributed by atoms with E-state index in [0.717, 1.165) is 0 Å². The lowest BCUT2D eigenvalue weighted by Gasteiger charge is -2.14. The molecule has 0 bridgehead atoms. The lowest BCUT2D eigenvalue weighted by atomic mass is 10.1. The van der Waals surface area contributed by atoms with E-state index in [9.17, 15) is 14.7 Å². The summed E-state index contributed by atoms with van der Waals surface area (Å²) < 4.78 is 0. The van der Waals surface area contributed by atoms with Crippen LogP contribution in [-0.2, 0) is 4.79 Å². The van der Waals surface area contributed by atoms with E-state index in [4.69, 9.17) is 0 Å². The molecule has 20 heavy (non-hydrogen) atoms. The minimum Gasteiger partial charge on any atom is -0.479 e. The van der Waals surface area contributed by atoms with Crippen molar-refractivity contribution in [1.29, 1.82) is 0 Å². The van der Waals surface area contributed by atoms with Crippen LogP contribution in [0.15, 0.2) is 30.3 Å². The zero-order valence-electron chi connectivity index (χ0n) is 10.5. The van der Waals surface area contributed by atoms with Gasteiger partial charge in [0.05, 0.1) is 0 Å². The molecule has 1 aromatic heterocycles. The van der Waals surface area contributed by atoms with Crippen molar-refractivity contribution in [3.8, 4) is 0 Å². The largest absolute Gasteiger partial charge is 0.479 e. The summed E-state index contributed by atoms with van der Waals surface area (Å²) in [7, 11) is 0. The molecule has 0 radical (unpaired) electrons. The highest BCUT2D eigenvalue weighted by Gasteiger charge is 2.22. The molecule has 0 saturated carbocycles. The summed E-state index contributed by atoms with van der Waals surface area (Å²) in [5, 5.41) is 22.5. The molecular weight excluding hydrogens is 280 g/mol. The Kier molecular flexibility index (Phi) is 4.26. The highest BCUT2D eigenvalue weighted by atomic mass is 32.1. The molecule has 1 heterocycles. The summed E-state index contributed by atoms with van der Waals surface area (Å²) in [6.07, 6.45) is 0. The first kappa shape index (κ1) is 13.9. The van der Waals surface area contributed by atoms with Crippen molar-refractivity contribution < 1.29 is 14.7 Å². The van der Waals surface area contributed by atoms with Gasteiger partial charge in [-0.05, 0) is 12.5 Å². The van der Waals surface area contributed by atoms with Gasteiger partial charge in [0.25, 0.3) is 0 Å². The van der Waals surface area contributed by atoms with Crippen molar-refractivity contribution in [2.75, 3.05) is 5.32 Å². The Morgan fingerprint density at radius 2 is 1.95 bits per heavy atom. The SMILES string of the molecule is Cc1nnc(NC(=O)N[C@H](C(=O)O)c2ccccc2)s1. The van der Waals surface area contributed by atoms with Crippen molar-refractivity contribution in [2.24, 2.45) is 0 Å². The molecule has 8 heteroatoms. The maximum atomic E-state index is 11.8. The lowest BCUT2D eigenvalue weighted by Crippen LogP contribution is -2.36. The number of benzene rings is 1. The monoisotopic (exact) mass is 292 g/mol. The van der Waals surface area contributed by atoms with Gasteiger partial charge in [-0.25, -0.2) is 9.59 Å². The second kappa shape index (κ2) is 6.11. The number of urea groups is 1. The van der Waals surface area contributed by atoms with Gasteiger partial charge in [-0.1, -0.05) is 41.7 Å². The second-order valence-corrected chi connectivity index (χ2v) is 5.09. The standard InChI is InChI=1S/C12H12N4O3S/c1-7-15-16-12(20-7)14-11(19)13-9(10(17)18)8-5-3-2-4-6-8/h2-6,9H,1H3,(H,17,18)(H2,13,14,16,19)/t9-/m0/s1. The molecule has 2 aromatic rings. The topological polar surface area (TPSA) is 104 Å². The number of nitrogens with zero attached hydrogens (tertiary/aromatic N) is 2. The number of carbonyl (C=O) groups is 2. The Morgan fingerprint density at radius 3 is 2.50 bits per heavy atom. The van der Waals surface area contributed by atoms with Crippen LogP contribution >= 0.6 is 11.3 Å². The lowest BCUT2D eigenvalue weighted by molar-refractivity contribution is -0.139. The number of carboxylic acids is 1. The zero-order chi connectivity index (χ0) is 14.5.